The zero-order chi connectivity index (χ0) is 17.5. The number of carbonyl (C=O) groups excluding carboxylic acids is 2. The van der Waals surface area contributed by atoms with Crippen LogP contribution >= 0.6 is 0 Å². The second-order valence-corrected chi connectivity index (χ2v) is 5.26. The van der Waals surface area contributed by atoms with Gasteiger partial charge in [0.05, 0.1) is 12.2 Å². The molecular weight excluding hydrogens is 306 g/mol. The average Bonchev–Trinajstić information content (AvgIpc) is 2.62. The maximum Gasteiger partial charge on any atom is 0.339 e. The van der Waals surface area contributed by atoms with Gasteiger partial charge in [-0.15, -0.1) is 0 Å². The van der Waals surface area contributed by atoms with E-state index < -0.39 is 0 Å². The Morgan fingerprint density at radius 1 is 1.12 bits per heavy atom. The lowest BCUT2D eigenvalue weighted by Gasteiger charge is -2.18. The number of hydrogen-bond acceptors (Lipinski definition) is 5. The van der Waals surface area contributed by atoms with Crippen LogP contribution in [0, 0.1) is 0 Å². The van der Waals surface area contributed by atoms with Crippen molar-refractivity contribution >= 4 is 17.7 Å². The quantitative estimate of drug-likeness (QED) is 0.824. The first-order valence-electron chi connectivity index (χ1n) is 7.70. The molecule has 0 unspecified atom stereocenters. The summed E-state index contributed by atoms with van der Waals surface area (Å²) in [6.07, 6.45) is 1.51. The molecule has 6 nitrogen and oxygen atoms in total. The van der Waals surface area contributed by atoms with Gasteiger partial charge < -0.3 is 15.0 Å². The highest BCUT2D eigenvalue weighted by atomic mass is 16.5. The first-order chi connectivity index (χ1) is 11.5. The van der Waals surface area contributed by atoms with Crippen LogP contribution in [-0.4, -0.2) is 37.6 Å². The molecule has 1 aromatic heterocycles. The number of anilines is 1. The topological polar surface area (TPSA) is 71.5 Å². The fraction of sp³-hybridized carbons (Fsp3) is 0.278. The number of esters is 1. The van der Waals surface area contributed by atoms with E-state index in [9.17, 15) is 9.59 Å². The van der Waals surface area contributed by atoms with Crippen LogP contribution in [0.15, 0.2) is 42.6 Å². The van der Waals surface area contributed by atoms with E-state index in [-0.39, 0.29) is 11.9 Å². The lowest BCUT2D eigenvalue weighted by Crippen LogP contribution is -2.19. The summed E-state index contributed by atoms with van der Waals surface area (Å²) in [6.45, 7) is 2.75. The number of aromatic nitrogens is 1. The van der Waals surface area contributed by atoms with Crippen molar-refractivity contribution in [2.45, 2.75) is 13.5 Å². The van der Waals surface area contributed by atoms with Crippen LogP contribution in [0.4, 0.5) is 5.82 Å². The van der Waals surface area contributed by atoms with Crippen LogP contribution in [0.2, 0.25) is 0 Å². The molecule has 0 aliphatic rings. The number of nitrogens with zero attached hydrogens (tertiary/aromatic N) is 2. The Labute approximate surface area is 141 Å². The number of pyridine rings is 1. The number of ether oxygens (including phenoxy) is 1. The van der Waals surface area contributed by atoms with E-state index in [0.29, 0.717) is 24.3 Å². The van der Waals surface area contributed by atoms with E-state index in [1.165, 1.54) is 6.20 Å². The first-order valence-corrected chi connectivity index (χ1v) is 7.70. The van der Waals surface area contributed by atoms with Gasteiger partial charge in [-0.1, -0.05) is 12.1 Å². The molecule has 2 aromatic rings. The summed E-state index contributed by atoms with van der Waals surface area (Å²) >= 11 is 0. The molecule has 0 aliphatic carbocycles. The molecule has 1 amide bonds. The number of rotatable bonds is 6. The fourth-order valence-corrected chi connectivity index (χ4v) is 2.21. The zero-order valence-corrected chi connectivity index (χ0v) is 14.1. The van der Waals surface area contributed by atoms with E-state index in [1.807, 2.05) is 24.1 Å². The summed E-state index contributed by atoms with van der Waals surface area (Å²) in [5.41, 5.74) is 2.12. The molecule has 0 saturated carbocycles. The minimum Gasteiger partial charge on any atom is -0.462 e. The van der Waals surface area contributed by atoms with Gasteiger partial charge in [-0.3, -0.25) is 4.79 Å². The van der Waals surface area contributed by atoms with Crippen molar-refractivity contribution in [1.29, 1.82) is 0 Å². The normalized spacial score (nSPS) is 10.1. The SMILES string of the molecule is CCOC(=O)c1ccc(N(C)Cc2ccc(C(=O)NC)cc2)nc1. The summed E-state index contributed by atoms with van der Waals surface area (Å²) in [6, 6.07) is 10.9. The van der Waals surface area contributed by atoms with Crippen LogP contribution < -0.4 is 10.2 Å². The number of amides is 1. The maximum atomic E-state index is 11.6. The predicted octanol–water partition coefficient (Wildman–Crippen LogP) is 2.25. The van der Waals surface area contributed by atoms with Crippen molar-refractivity contribution in [3.8, 4) is 0 Å². The molecular formula is C18H21N3O3. The fourth-order valence-electron chi connectivity index (χ4n) is 2.21. The Kier molecular flexibility index (Phi) is 5.89. The second kappa shape index (κ2) is 8.10. The van der Waals surface area contributed by atoms with E-state index in [0.717, 1.165) is 11.4 Å². The van der Waals surface area contributed by atoms with Gasteiger partial charge >= 0.3 is 5.97 Å². The predicted molar refractivity (Wildman–Crippen MR) is 92.1 cm³/mol. The second-order valence-electron chi connectivity index (χ2n) is 5.26. The van der Waals surface area contributed by atoms with Gasteiger partial charge in [0.1, 0.15) is 5.82 Å². The van der Waals surface area contributed by atoms with Gasteiger partial charge in [0.15, 0.2) is 0 Å². The Balaban J connectivity index is 2.02. The average molecular weight is 327 g/mol. The van der Waals surface area contributed by atoms with Crippen molar-refractivity contribution in [3.05, 3.63) is 59.3 Å². The Morgan fingerprint density at radius 3 is 2.33 bits per heavy atom. The highest BCUT2D eigenvalue weighted by Crippen LogP contribution is 2.14. The third-order valence-corrected chi connectivity index (χ3v) is 3.51. The molecule has 6 heteroatoms. The maximum absolute atomic E-state index is 11.6. The monoisotopic (exact) mass is 327 g/mol. The Morgan fingerprint density at radius 2 is 1.79 bits per heavy atom. The molecule has 0 spiro atoms. The third-order valence-electron chi connectivity index (χ3n) is 3.51. The van der Waals surface area contributed by atoms with Crippen molar-refractivity contribution in [2.24, 2.45) is 0 Å². The van der Waals surface area contributed by atoms with Gasteiger partial charge in [-0.25, -0.2) is 9.78 Å². The summed E-state index contributed by atoms with van der Waals surface area (Å²) in [5.74, 6) is 0.272. The zero-order valence-electron chi connectivity index (χ0n) is 14.1. The Hall–Kier alpha value is -2.89. The van der Waals surface area contributed by atoms with Crippen LogP contribution in [-0.2, 0) is 11.3 Å². The summed E-state index contributed by atoms with van der Waals surface area (Å²) in [4.78, 5) is 29.4. The molecule has 126 valence electrons. The molecule has 1 heterocycles. The standard InChI is InChI=1S/C18H21N3O3/c1-4-24-18(23)15-9-10-16(20-11-15)21(3)12-13-5-7-14(8-6-13)17(22)19-2/h5-11H,4,12H2,1-3H3,(H,19,22). The van der Waals surface area contributed by atoms with Crippen LogP contribution in [0.25, 0.3) is 0 Å². The molecule has 0 aliphatic heterocycles. The van der Waals surface area contributed by atoms with E-state index in [2.05, 4.69) is 10.3 Å². The highest BCUT2D eigenvalue weighted by molar-refractivity contribution is 5.94. The molecule has 24 heavy (non-hydrogen) atoms. The molecule has 1 N–H and O–H groups in total. The van der Waals surface area contributed by atoms with Gasteiger partial charge in [-0.05, 0) is 36.8 Å². The van der Waals surface area contributed by atoms with E-state index >= 15 is 0 Å². The smallest absolute Gasteiger partial charge is 0.339 e. The molecule has 0 saturated heterocycles. The van der Waals surface area contributed by atoms with Crippen molar-refractivity contribution in [3.63, 3.8) is 0 Å². The molecule has 2 rings (SSSR count). The van der Waals surface area contributed by atoms with Crippen LogP contribution in [0.3, 0.4) is 0 Å². The number of nitrogens with one attached hydrogen (secondary N) is 1. The van der Waals surface area contributed by atoms with E-state index in [4.69, 9.17) is 4.74 Å². The van der Waals surface area contributed by atoms with Gasteiger partial charge in [0, 0.05) is 32.4 Å². The lowest BCUT2D eigenvalue weighted by molar-refractivity contribution is 0.0525. The van der Waals surface area contributed by atoms with Gasteiger partial charge in [0.25, 0.3) is 5.91 Å². The van der Waals surface area contributed by atoms with Gasteiger partial charge in [-0.2, -0.15) is 0 Å². The molecule has 0 fully saturated rings. The van der Waals surface area contributed by atoms with Crippen molar-refractivity contribution in [1.82, 2.24) is 10.3 Å². The minimum absolute atomic E-state index is 0.105. The van der Waals surface area contributed by atoms with Crippen LogP contribution in [0.1, 0.15) is 33.2 Å². The first kappa shape index (κ1) is 17.5. The van der Waals surface area contributed by atoms with E-state index in [1.54, 1.807) is 38.2 Å². The molecule has 0 atom stereocenters. The summed E-state index contributed by atoms with van der Waals surface area (Å²) in [7, 11) is 3.52. The highest BCUT2D eigenvalue weighted by Gasteiger charge is 2.09. The third kappa shape index (κ3) is 4.32. The Bertz CT molecular complexity index is 696. The number of benzene rings is 1. The van der Waals surface area contributed by atoms with Crippen molar-refractivity contribution in [2.75, 3.05) is 25.6 Å². The van der Waals surface area contributed by atoms with Crippen LogP contribution in [0.5, 0.6) is 0 Å². The number of carbonyl (C=O) groups is 2. The lowest BCUT2D eigenvalue weighted by atomic mass is 10.1. The number of hydrogen-bond donors (Lipinski definition) is 1. The van der Waals surface area contributed by atoms with Gasteiger partial charge in [0.2, 0.25) is 0 Å². The largest absolute Gasteiger partial charge is 0.462 e. The van der Waals surface area contributed by atoms with Crippen molar-refractivity contribution < 1.29 is 14.3 Å². The molecule has 0 bridgehead atoms. The minimum atomic E-state index is -0.371. The molecule has 1 aromatic carbocycles. The molecule has 0 radical (unpaired) electrons. The summed E-state index contributed by atoms with van der Waals surface area (Å²) < 4.78 is 4.94. The summed E-state index contributed by atoms with van der Waals surface area (Å²) in [5, 5.41) is 2.59.